The smallest absolute Gasteiger partial charge is 0.226 e. The zero-order valence-corrected chi connectivity index (χ0v) is 8.57. The summed E-state index contributed by atoms with van der Waals surface area (Å²) in [6, 6.07) is 8.49. The zero-order chi connectivity index (χ0) is 10.3. The maximum atomic E-state index is 11.7. The van der Waals surface area contributed by atoms with Crippen LogP contribution in [0.5, 0.6) is 0 Å². The summed E-state index contributed by atoms with van der Waals surface area (Å²) in [5.41, 5.74) is 2.15. The van der Waals surface area contributed by atoms with E-state index in [1.807, 2.05) is 18.2 Å². The van der Waals surface area contributed by atoms with Crippen molar-refractivity contribution in [1.29, 1.82) is 0 Å². The van der Waals surface area contributed by atoms with Gasteiger partial charge in [-0.25, -0.2) is 0 Å². The molecule has 78 valence electrons. The van der Waals surface area contributed by atoms with Crippen LogP contribution in [-0.2, 0) is 4.79 Å². The molecule has 0 saturated carbocycles. The molecule has 1 fully saturated rings. The van der Waals surface area contributed by atoms with Gasteiger partial charge < -0.3 is 10.2 Å². The van der Waals surface area contributed by atoms with E-state index in [2.05, 4.69) is 16.3 Å². The molecule has 1 saturated heterocycles. The van der Waals surface area contributed by atoms with E-state index in [1.165, 1.54) is 12.1 Å². The second kappa shape index (κ2) is 3.26. The number of fused-ring (bicyclic) bond motifs is 3. The van der Waals surface area contributed by atoms with Crippen molar-refractivity contribution in [1.82, 2.24) is 0 Å². The van der Waals surface area contributed by atoms with E-state index in [-0.39, 0.29) is 5.91 Å². The normalized spacial score (nSPS) is 24.1. The number of anilines is 2. The summed E-state index contributed by atoms with van der Waals surface area (Å²) in [5, 5.41) is 2.97. The quantitative estimate of drug-likeness (QED) is 0.697. The van der Waals surface area contributed by atoms with Crippen LogP contribution in [0.15, 0.2) is 24.3 Å². The van der Waals surface area contributed by atoms with Gasteiger partial charge in [-0.1, -0.05) is 12.1 Å². The summed E-state index contributed by atoms with van der Waals surface area (Å²) in [6.07, 6.45) is 2.97. The molecule has 1 N–H and O–H groups in total. The summed E-state index contributed by atoms with van der Waals surface area (Å²) >= 11 is 0. The van der Waals surface area contributed by atoms with Crippen LogP contribution in [0, 0.1) is 0 Å². The summed E-state index contributed by atoms with van der Waals surface area (Å²) in [6.45, 7) is 1.08. The minimum Gasteiger partial charge on any atom is -0.366 e. The topological polar surface area (TPSA) is 32.3 Å². The number of hydrogen-bond donors (Lipinski definition) is 1. The summed E-state index contributed by atoms with van der Waals surface area (Å²) in [4.78, 5) is 14.0. The van der Waals surface area contributed by atoms with E-state index >= 15 is 0 Å². The summed E-state index contributed by atoms with van der Waals surface area (Å²) in [7, 11) is 0. The Morgan fingerprint density at radius 2 is 2.20 bits per heavy atom. The van der Waals surface area contributed by atoms with Gasteiger partial charge in [-0.2, -0.15) is 0 Å². The van der Waals surface area contributed by atoms with E-state index in [4.69, 9.17) is 0 Å². The van der Waals surface area contributed by atoms with Gasteiger partial charge >= 0.3 is 0 Å². The number of carbonyl (C=O) groups excluding carboxylic acids is 1. The van der Waals surface area contributed by atoms with Crippen molar-refractivity contribution < 1.29 is 4.79 Å². The van der Waals surface area contributed by atoms with Crippen LogP contribution >= 0.6 is 0 Å². The Hall–Kier alpha value is -1.51. The molecule has 1 amide bonds. The van der Waals surface area contributed by atoms with Gasteiger partial charge in [-0.05, 0) is 25.0 Å². The van der Waals surface area contributed by atoms with Crippen molar-refractivity contribution in [3.63, 3.8) is 0 Å². The minimum atomic E-state index is 0.150. The van der Waals surface area contributed by atoms with Crippen LogP contribution < -0.4 is 10.2 Å². The molecule has 1 aromatic rings. The van der Waals surface area contributed by atoms with E-state index in [1.54, 1.807) is 0 Å². The Kier molecular flexibility index (Phi) is 1.91. The van der Waals surface area contributed by atoms with Crippen LogP contribution in [-0.4, -0.2) is 18.5 Å². The van der Waals surface area contributed by atoms with Crippen molar-refractivity contribution in [3.8, 4) is 0 Å². The number of amides is 1. The number of nitrogens with zero attached hydrogens (tertiary/aromatic N) is 1. The third-order valence-electron chi connectivity index (χ3n) is 3.29. The maximum Gasteiger partial charge on any atom is 0.226 e. The van der Waals surface area contributed by atoms with Gasteiger partial charge in [0.15, 0.2) is 0 Å². The lowest BCUT2D eigenvalue weighted by Crippen LogP contribution is -2.29. The fourth-order valence-electron chi connectivity index (χ4n) is 2.61. The van der Waals surface area contributed by atoms with Gasteiger partial charge in [0.05, 0.1) is 11.4 Å². The lowest BCUT2D eigenvalue weighted by Gasteiger charge is -2.24. The number of nitrogens with one attached hydrogen (secondary N) is 1. The summed E-state index contributed by atoms with van der Waals surface area (Å²) < 4.78 is 0. The van der Waals surface area contributed by atoms with Gasteiger partial charge in [-0.3, -0.25) is 4.79 Å². The van der Waals surface area contributed by atoms with Crippen LogP contribution in [0.25, 0.3) is 0 Å². The molecule has 0 radical (unpaired) electrons. The van der Waals surface area contributed by atoms with E-state index in [0.717, 1.165) is 18.7 Å². The van der Waals surface area contributed by atoms with Crippen molar-refractivity contribution in [2.45, 2.75) is 25.3 Å². The van der Waals surface area contributed by atoms with Gasteiger partial charge in [0.1, 0.15) is 0 Å². The summed E-state index contributed by atoms with van der Waals surface area (Å²) in [5.74, 6) is 0.150. The molecule has 15 heavy (non-hydrogen) atoms. The molecule has 1 atom stereocenters. The van der Waals surface area contributed by atoms with Crippen LogP contribution in [0.1, 0.15) is 19.3 Å². The first-order valence-corrected chi connectivity index (χ1v) is 5.50. The highest BCUT2D eigenvalue weighted by Gasteiger charge is 2.31. The zero-order valence-electron chi connectivity index (χ0n) is 8.57. The highest BCUT2D eigenvalue weighted by molar-refractivity contribution is 5.96. The molecule has 0 aromatic heterocycles. The number of benzene rings is 1. The number of carbonyl (C=O) groups is 1. The Labute approximate surface area is 89.1 Å². The number of para-hydroxylation sites is 2. The second-order valence-electron chi connectivity index (χ2n) is 4.26. The van der Waals surface area contributed by atoms with Crippen molar-refractivity contribution in [2.75, 3.05) is 16.8 Å². The molecular weight excluding hydrogens is 188 g/mol. The fraction of sp³-hybridized carbons (Fsp3) is 0.417. The first kappa shape index (κ1) is 8.77. The van der Waals surface area contributed by atoms with Crippen LogP contribution in [0.4, 0.5) is 11.4 Å². The van der Waals surface area contributed by atoms with Crippen molar-refractivity contribution in [2.24, 2.45) is 0 Å². The molecule has 2 heterocycles. The second-order valence-corrected chi connectivity index (χ2v) is 4.26. The highest BCUT2D eigenvalue weighted by atomic mass is 16.1. The SMILES string of the molecule is O=C1CC2CCCN2c2ccccc2N1. The predicted molar refractivity (Wildman–Crippen MR) is 60.1 cm³/mol. The maximum absolute atomic E-state index is 11.7. The molecule has 3 rings (SSSR count). The lowest BCUT2D eigenvalue weighted by molar-refractivity contribution is -0.116. The van der Waals surface area contributed by atoms with E-state index < -0.39 is 0 Å². The highest BCUT2D eigenvalue weighted by Crippen LogP contribution is 2.35. The molecule has 0 bridgehead atoms. The van der Waals surface area contributed by atoms with Gasteiger partial charge in [-0.15, -0.1) is 0 Å². The predicted octanol–water partition coefficient (Wildman–Crippen LogP) is 2.00. The minimum absolute atomic E-state index is 0.150. The molecule has 2 aliphatic heterocycles. The third-order valence-corrected chi connectivity index (χ3v) is 3.29. The molecule has 0 aliphatic carbocycles. The fourth-order valence-corrected chi connectivity index (χ4v) is 2.61. The molecule has 3 heteroatoms. The average molecular weight is 202 g/mol. The lowest BCUT2D eigenvalue weighted by atomic mass is 10.1. The Balaban J connectivity index is 2.08. The first-order valence-electron chi connectivity index (χ1n) is 5.50. The van der Waals surface area contributed by atoms with Crippen molar-refractivity contribution >= 4 is 17.3 Å². The van der Waals surface area contributed by atoms with Crippen LogP contribution in [0.2, 0.25) is 0 Å². The van der Waals surface area contributed by atoms with E-state index in [9.17, 15) is 4.79 Å². The number of hydrogen-bond acceptors (Lipinski definition) is 2. The Morgan fingerprint density at radius 3 is 3.13 bits per heavy atom. The first-order chi connectivity index (χ1) is 7.34. The average Bonchev–Trinajstić information content (AvgIpc) is 2.62. The van der Waals surface area contributed by atoms with Gasteiger partial charge in [0.25, 0.3) is 0 Å². The molecule has 1 unspecified atom stereocenters. The molecule has 1 aromatic carbocycles. The third kappa shape index (κ3) is 1.39. The molecule has 2 aliphatic rings. The van der Waals surface area contributed by atoms with Crippen molar-refractivity contribution in [3.05, 3.63) is 24.3 Å². The molecule has 3 nitrogen and oxygen atoms in total. The Morgan fingerprint density at radius 1 is 1.33 bits per heavy atom. The van der Waals surface area contributed by atoms with Gasteiger partial charge in [0, 0.05) is 19.0 Å². The Bertz CT molecular complexity index is 402. The largest absolute Gasteiger partial charge is 0.366 e. The van der Waals surface area contributed by atoms with E-state index in [0.29, 0.717) is 12.5 Å². The molecular formula is C12H14N2O. The molecule has 0 spiro atoms. The standard InChI is InChI=1S/C12H14N2O/c15-12-8-9-4-3-7-14(9)11-6-2-1-5-10(11)13-12/h1-2,5-6,9H,3-4,7-8H2,(H,13,15). The number of rotatable bonds is 0. The monoisotopic (exact) mass is 202 g/mol. The van der Waals surface area contributed by atoms with Crippen LogP contribution in [0.3, 0.4) is 0 Å². The van der Waals surface area contributed by atoms with Gasteiger partial charge in [0.2, 0.25) is 5.91 Å².